The predicted octanol–water partition coefficient (Wildman–Crippen LogP) is 3.99. The molecule has 0 aliphatic heterocycles. The van der Waals surface area contributed by atoms with Gasteiger partial charge in [0.25, 0.3) is 15.0 Å². The standard InChI is InChI=1S/C14H19BrClNO3S/c1-5-6-14(3,4)17-13(18)10-7-9(2)12(15)11(8-10)21(16,19)20/h7-8H,5-6H2,1-4H3,(H,17,18). The highest BCUT2D eigenvalue weighted by atomic mass is 79.9. The average Bonchev–Trinajstić information content (AvgIpc) is 2.29. The highest BCUT2D eigenvalue weighted by Crippen LogP contribution is 2.30. The maximum atomic E-state index is 12.3. The fraction of sp³-hybridized carbons (Fsp3) is 0.500. The van der Waals surface area contributed by atoms with Crippen LogP contribution in [-0.2, 0) is 9.05 Å². The van der Waals surface area contributed by atoms with Crippen LogP contribution in [0.1, 0.15) is 49.5 Å². The third kappa shape index (κ3) is 4.97. The van der Waals surface area contributed by atoms with Gasteiger partial charge in [-0.1, -0.05) is 13.3 Å². The second kappa shape index (κ2) is 6.67. The van der Waals surface area contributed by atoms with Crippen molar-refractivity contribution in [1.29, 1.82) is 0 Å². The first-order valence-corrected chi connectivity index (χ1v) is 9.65. The van der Waals surface area contributed by atoms with Gasteiger partial charge in [-0.3, -0.25) is 4.79 Å². The lowest BCUT2D eigenvalue weighted by atomic mass is 9.98. The Morgan fingerprint density at radius 2 is 1.95 bits per heavy atom. The van der Waals surface area contributed by atoms with Crippen molar-refractivity contribution in [1.82, 2.24) is 5.32 Å². The molecule has 0 atom stereocenters. The summed E-state index contributed by atoms with van der Waals surface area (Å²) in [5.41, 5.74) is 0.557. The quantitative estimate of drug-likeness (QED) is 0.765. The fourth-order valence-corrected chi connectivity index (χ4v) is 4.27. The molecule has 118 valence electrons. The zero-order chi connectivity index (χ0) is 16.4. The van der Waals surface area contributed by atoms with Crippen LogP contribution in [0.5, 0.6) is 0 Å². The van der Waals surface area contributed by atoms with E-state index in [0.717, 1.165) is 12.8 Å². The SMILES string of the molecule is CCCC(C)(C)NC(=O)c1cc(C)c(Br)c(S(=O)(=O)Cl)c1. The molecule has 0 unspecified atom stereocenters. The van der Waals surface area contributed by atoms with E-state index in [1.54, 1.807) is 13.0 Å². The van der Waals surface area contributed by atoms with Crippen LogP contribution in [0.25, 0.3) is 0 Å². The first kappa shape index (κ1) is 18.5. The van der Waals surface area contributed by atoms with E-state index in [1.165, 1.54) is 6.07 Å². The van der Waals surface area contributed by atoms with Crippen molar-refractivity contribution in [2.75, 3.05) is 0 Å². The van der Waals surface area contributed by atoms with Crippen LogP contribution in [-0.4, -0.2) is 19.9 Å². The van der Waals surface area contributed by atoms with Crippen molar-refractivity contribution in [3.8, 4) is 0 Å². The zero-order valence-corrected chi connectivity index (χ0v) is 15.6. The molecular weight excluding hydrogens is 378 g/mol. The number of halogens is 2. The van der Waals surface area contributed by atoms with Crippen molar-refractivity contribution in [2.45, 2.75) is 51.0 Å². The summed E-state index contributed by atoms with van der Waals surface area (Å²) in [6.07, 6.45) is 1.77. The van der Waals surface area contributed by atoms with Gasteiger partial charge in [-0.15, -0.1) is 0 Å². The summed E-state index contributed by atoms with van der Waals surface area (Å²) >= 11 is 3.19. The number of aryl methyl sites for hydroxylation is 1. The van der Waals surface area contributed by atoms with Gasteiger partial charge < -0.3 is 5.32 Å². The lowest BCUT2D eigenvalue weighted by molar-refractivity contribution is 0.0908. The van der Waals surface area contributed by atoms with Gasteiger partial charge in [-0.05, 0) is 60.8 Å². The number of rotatable bonds is 5. The molecule has 1 amide bonds. The molecule has 4 nitrogen and oxygen atoms in total. The van der Waals surface area contributed by atoms with E-state index >= 15 is 0 Å². The number of amides is 1. The molecule has 0 bridgehead atoms. The summed E-state index contributed by atoms with van der Waals surface area (Å²) in [7, 11) is 1.49. The Hall–Kier alpha value is -0.590. The molecule has 0 saturated carbocycles. The second-order valence-corrected chi connectivity index (χ2v) is 8.96. The number of carbonyl (C=O) groups is 1. The van der Waals surface area contributed by atoms with Crippen LogP contribution in [0.2, 0.25) is 0 Å². The molecule has 0 saturated heterocycles. The van der Waals surface area contributed by atoms with Crippen LogP contribution in [0.3, 0.4) is 0 Å². The van der Waals surface area contributed by atoms with Crippen LogP contribution >= 0.6 is 26.6 Å². The van der Waals surface area contributed by atoms with E-state index in [1.807, 2.05) is 20.8 Å². The summed E-state index contributed by atoms with van der Waals surface area (Å²) < 4.78 is 23.5. The Kier molecular flexibility index (Phi) is 5.86. The highest BCUT2D eigenvalue weighted by Gasteiger charge is 2.23. The molecule has 1 aromatic rings. The number of nitrogens with one attached hydrogen (secondary N) is 1. The van der Waals surface area contributed by atoms with Crippen LogP contribution in [0.4, 0.5) is 0 Å². The zero-order valence-electron chi connectivity index (χ0n) is 12.5. The number of hydrogen-bond acceptors (Lipinski definition) is 3. The predicted molar refractivity (Wildman–Crippen MR) is 88.4 cm³/mol. The van der Waals surface area contributed by atoms with Gasteiger partial charge in [0, 0.05) is 26.3 Å². The van der Waals surface area contributed by atoms with E-state index in [9.17, 15) is 13.2 Å². The summed E-state index contributed by atoms with van der Waals surface area (Å²) in [6.45, 7) is 7.61. The van der Waals surface area contributed by atoms with Crippen LogP contribution in [0.15, 0.2) is 21.5 Å². The summed E-state index contributed by atoms with van der Waals surface area (Å²) in [4.78, 5) is 12.2. The monoisotopic (exact) mass is 395 g/mol. The first-order valence-electron chi connectivity index (χ1n) is 6.55. The molecule has 0 aliphatic rings. The molecular formula is C14H19BrClNO3S. The smallest absolute Gasteiger partial charge is 0.262 e. The Bertz CT molecular complexity index is 656. The molecule has 0 heterocycles. The number of carbonyl (C=O) groups excluding carboxylic acids is 1. The normalized spacial score (nSPS) is 12.3. The maximum absolute atomic E-state index is 12.3. The molecule has 0 aliphatic carbocycles. The minimum Gasteiger partial charge on any atom is -0.347 e. The van der Waals surface area contributed by atoms with E-state index in [-0.39, 0.29) is 21.9 Å². The number of hydrogen-bond donors (Lipinski definition) is 1. The Balaban J connectivity index is 3.21. The van der Waals surface area contributed by atoms with E-state index in [4.69, 9.17) is 10.7 Å². The number of benzene rings is 1. The molecule has 0 spiro atoms. The van der Waals surface area contributed by atoms with E-state index in [2.05, 4.69) is 21.2 Å². The minimum atomic E-state index is -3.92. The van der Waals surface area contributed by atoms with Crippen molar-refractivity contribution in [3.63, 3.8) is 0 Å². The van der Waals surface area contributed by atoms with Crippen molar-refractivity contribution < 1.29 is 13.2 Å². The molecule has 0 aromatic heterocycles. The maximum Gasteiger partial charge on any atom is 0.262 e. The largest absolute Gasteiger partial charge is 0.347 e. The first-order chi connectivity index (χ1) is 9.48. The van der Waals surface area contributed by atoms with Gasteiger partial charge in [-0.2, -0.15) is 0 Å². The lowest BCUT2D eigenvalue weighted by Crippen LogP contribution is -2.43. The van der Waals surface area contributed by atoms with Gasteiger partial charge in [-0.25, -0.2) is 8.42 Å². The fourth-order valence-electron chi connectivity index (χ4n) is 2.11. The molecule has 0 radical (unpaired) electrons. The summed E-state index contributed by atoms with van der Waals surface area (Å²) in [5.74, 6) is -0.314. The molecule has 7 heteroatoms. The average molecular weight is 397 g/mol. The van der Waals surface area contributed by atoms with E-state index in [0.29, 0.717) is 10.0 Å². The molecule has 1 rings (SSSR count). The van der Waals surface area contributed by atoms with Crippen LogP contribution in [0, 0.1) is 6.92 Å². The highest BCUT2D eigenvalue weighted by molar-refractivity contribution is 9.10. The molecule has 21 heavy (non-hydrogen) atoms. The lowest BCUT2D eigenvalue weighted by Gasteiger charge is -2.26. The van der Waals surface area contributed by atoms with Crippen molar-refractivity contribution in [3.05, 3.63) is 27.7 Å². The Labute approximate surface area is 138 Å². The van der Waals surface area contributed by atoms with Crippen molar-refractivity contribution >= 4 is 41.6 Å². The van der Waals surface area contributed by atoms with E-state index < -0.39 is 9.05 Å². The minimum absolute atomic E-state index is 0.0948. The van der Waals surface area contributed by atoms with Gasteiger partial charge in [0.05, 0.1) is 4.90 Å². The molecule has 1 aromatic carbocycles. The third-order valence-electron chi connectivity index (χ3n) is 3.07. The van der Waals surface area contributed by atoms with Crippen molar-refractivity contribution in [2.24, 2.45) is 0 Å². The Morgan fingerprint density at radius 3 is 2.43 bits per heavy atom. The summed E-state index contributed by atoms with van der Waals surface area (Å²) in [6, 6.07) is 2.92. The van der Waals surface area contributed by atoms with Gasteiger partial charge in [0.15, 0.2) is 0 Å². The summed E-state index contributed by atoms with van der Waals surface area (Å²) in [5, 5.41) is 2.91. The topological polar surface area (TPSA) is 63.2 Å². The molecule has 0 fully saturated rings. The van der Waals surface area contributed by atoms with Gasteiger partial charge in [0.2, 0.25) is 0 Å². The van der Waals surface area contributed by atoms with Gasteiger partial charge >= 0.3 is 0 Å². The van der Waals surface area contributed by atoms with Gasteiger partial charge in [0.1, 0.15) is 0 Å². The van der Waals surface area contributed by atoms with Crippen LogP contribution < -0.4 is 5.32 Å². The Morgan fingerprint density at radius 1 is 1.38 bits per heavy atom. The third-order valence-corrected chi connectivity index (χ3v) is 5.73. The second-order valence-electron chi connectivity index (χ2n) is 5.63. The molecule has 1 N–H and O–H groups in total.